The third-order valence-corrected chi connectivity index (χ3v) is 3.12. The van der Waals surface area contributed by atoms with Gasteiger partial charge in [0.25, 0.3) is 0 Å². The van der Waals surface area contributed by atoms with Gasteiger partial charge in [0.15, 0.2) is 0 Å². The number of nitrogens with zero attached hydrogens (tertiary/aromatic N) is 1. The summed E-state index contributed by atoms with van der Waals surface area (Å²) in [6.45, 7) is 5.34. The fraction of sp³-hybridized carbons (Fsp3) is 0.900. The normalized spacial score (nSPS) is 12.9. The molecule has 0 rings (SSSR count). The third kappa shape index (κ3) is 6.27. The average Bonchev–Trinajstić information content (AvgIpc) is 2.12. The van der Waals surface area contributed by atoms with E-state index in [0.717, 1.165) is 18.7 Å². The van der Waals surface area contributed by atoms with Gasteiger partial charge in [-0.15, -0.1) is 11.8 Å². The molecule has 0 spiro atoms. The first kappa shape index (κ1) is 13.8. The molecule has 0 aromatic carbocycles. The van der Waals surface area contributed by atoms with Crippen molar-refractivity contribution in [3.05, 3.63) is 0 Å². The summed E-state index contributed by atoms with van der Waals surface area (Å²) in [5.41, 5.74) is 0. The minimum atomic E-state index is -0.0706. The van der Waals surface area contributed by atoms with E-state index in [1.54, 1.807) is 11.8 Å². The van der Waals surface area contributed by atoms with Crippen LogP contribution in [-0.4, -0.2) is 49.1 Å². The molecule has 1 unspecified atom stereocenters. The van der Waals surface area contributed by atoms with Crippen LogP contribution in [0.15, 0.2) is 0 Å². The summed E-state index contributed by atoms with van der Waals surface area (Å²) in [6, 6.07) is 0. The van der Waals surface area contributed by atoms with Crippen LogP contribution in [0.4, 0.5) is 0 Å². The third-order valence-electron chi connectivity index (χ3n) is 1.78. The molecule has 0 N–H and O–H groups in total. The zero-order valence-corrected chi connectivity index (χ0v) is 10.4. The summed E-state index contributed by atoms with van der Waals surface area (Å²) in [6.07, 6.45) is 0.844. The molecule has 0 amide bonds. The summed E-state index contributed by atoms with van der Waals surface area (Å²) in [4.78, 5) is 13.5. The Hall–Kier alpha value is -0.220. The van der Waals surface area contributed by atoms with Crippen LogP contribution >= 0.6 is 11.8 Å². The Kier molecular flexibility index (Phi) is 7.99. The first-order valence-electron chi connectivity index (χ1n) is 5.04. The largest absolute Gasteiger partial charge is 0.465 e. The maximum absolute atomic E-state index is 11.4. The molecular weight excluding hydrogens is 198 g/mol. The molecule has 0 radical (unpaired) electrons. The summed E-state index contributed by atoms with van der Waals surface area (Å²) in [5, 5.41) is 0.00917. The van der Waals surface area contributed by atoms with E-state index in [2.05, 4.69) is 4.90 Å². The topological polar surface area (TPSA) is 29.5 Å². The van der Waals surface area contributed by atoms with Crippen molar-refractivity contribution in [1.29, 1.82) is 0 Å². The average molecular weight is 219 g/mol. The predicted molar refractivity (Wildman–Crippen MR) is 61.7 cm³/mol. The van der Waals surface area contributed by atoms with Crippen molar-refractivity contribution in [2.75, 3.05) is 33.0 Å². The lowest BCUT2D eigenvalue weighted by atomic mass is 10.3. The van der Waals surface area contributed by atoms with Crippen LogP contribution < -0.4 is 0 Å². The van der Waals surface area contributed by atoms with E-state index in [4.69, 9.17) is 4.74 Å². The number of hydrogen-bond acceptors (Lipinski definition) is 4. The highest BCUT2D eigenvalue weighted by Crippen LogP contribution is 2.15. The first-order valence-corrected chi connectivity index (χ1v) is 6.09. The highest BCUT2D eigenvalue weighted by molar-refractivity contribution is 8.00. The van der Waals surface area contributed by atoms with Gasteiger partial charge < -0.3 is 9.64 Å². The molecule has 0 aliphatic carbocycles. The smallest absolute Gasteiger partial charge is 0.319 e. The van der Waals surface area contributed by atoms with Crippen molar-refractivity contribution in [2.45, 2.75) is 25.5 Å². The zero-order valence-electron chi connectivity index (χ0n) is 9.58. The molecule has 0 aromatic heterocycles. The number of ether oxygens (including phenoxy) is 1. The van der Waals surface area contributed by atoms with Gasteiger partial charge in [0.1, 0.15) is 5.25 Å². The second kappa shape index (κ2) is 8.12. The Morgan fingerprint density at radius 3 is 2.50 bits per heavy atom. The van der Waals surface area contributed by atoms with Crippen LogP contribution in [0.1, 0.15) is 20.3 Å². The number of carbonyl (C=O) groups excluding carboxylic acids is 1. The standard InChI is InChI=1S/C10H21NO2S/c1-5-9(10(12)13-6-2)14-8-7-11(3)4/h9H,5-8H2,1-4H3. The highest BCUT2D eigenvalue weighted by atomic mass is 32.2. The summed E-state index contributed by atoms with van der Waals surface area (Å²) in [7, 11) is 4.07. The van der Waals surface area contributed by atoms with Gasteiger partial charge in [-0.05, 0) is 27.4 Å². The van der Waals surface area contributed by atoms with Gasteiger partial charge in [-0.25, -0.2) is 0 Å². The van der Waals surface area contributed by atoms with E-state index in [9.17, 15) is 4.79 Å². The van der Waals surface area contributed by atoms with E-state index >= 15 is 0 Å². The molecule has 0 fully saturated rings. The Morgan fingerprint density at radius 2 is 2.07 bits per heavy atom. The van der Waals surface area contributed by atoms with E-state index < -0.39 is 0 Å². The van der Waals surface area contributed by atoms with Crippen molar-refractivity contribution in [2.24, 2.45) is 0 Å². The van der Waals surface area contributed by atoms with Crippen LogP contribution in [0.3, 0.4) is 0 Å². The molecular formula is C10H21NO2S. The Morgan fingerprint density at radius 1 is 1.43 bits per heavy atom. The van der Waals surface area contributed by atoms with Gasteiger partial charge >= 0.3 is 5.97 Å². The lowest BCUT2D eigenvalue weighted by Crippen LogP contribution is -2.22. The molecule has 1 atom stereocenters. The quantitative estimate of drug-likeness (QED) is 0.609. The Bertz CT molecular complexity index is 162. The molecule has 0 bridgehead atoms. The second-order valence-electron chi connectivity index (χ2n) is 3.32. The Labute approximate surface area is 91.2 Å². The van der Waals surface area contributed by atoms with E-state index in [1.165, 1.54) is 0 Å². The number of hydrogen-bond donors (Lipinski definition) is 0. The minimum Gasteiger partial charge on any atom is -0.465 e. The van der Waals surface area contributed by atoms with Gasteiger partial charge in [-0.3, -0.25) is 4.79 Å². The van der Waals surface area contributed by atoms with Crippen molar-refractivity contribution in [3.8, 4) is 0 Å². The number of esters is 1. The van der Waals surface area contributed by atoms with Crippen molar-refractivity contribution in [1.82, 2.24) is 4.90 Å². The molecule has 84 valence electrons. The maximum Gasteiger partial charge on any atom is 0.319 e. The van der Waals surface area contributed by atoms with E-state index in [0.29, 0.717) is 6.61 Å². The lowest BCUT2D eigenvalue weighted by Gasteiger charge is -2.14. The molecule has 0 saturated carbocycles. The highest BCUT2D eigenvalue weighted by Gasteiger charge is 2.17. The van der Waals surface area contributed by atoms with E-state index in [-0.39, 0.29) is 11.2 Å². The molecule has 0 aromatic rings. The number of thioether (sulfide) groups is 1. The second-order valence-corrected chi connectivity index (χ2v) is 4.63. The summed E-state index contributed by atoms with van der Waals surface area (Å²) < 4.78 is 4.98. The Balaban J connectivity index is 3.73. The lowest BCUT2D eigenvalue weighted by molar-refractivity contribution is -0.142. The fourth-order valence-electron chi connectivity index (χ4n) is 0.965. The van der Waals surface area contributed by atoms with Crippen LogP contribution in [0.5, 0.6) is 0 Å². The monoisotopic (exact) mass is 219 g/mol. The van der Waals surface area contributed by atoms with Crippen LogP contribution in [0, 0.1) is 0 Å². The van der Waals surface area contributed by atoms with Gasteiger partial charge in [0.2, 0.25) is 0 Å². The number of rotatable bonds is 7. The van der Waals surface area contributed by atoms with Gasteiger partial charge in [0, 0.05) is 12.3 Å². The predicted octanol–water partition coefficient (Wildman–Crippen LogP) is 1.62. The molecule has 0 aliphatic rings. The minimum absolute atomic E-state index is 0.00917. The van der Waals surface area contributed by atoms with Crippen molar-refractivity contribution < 1.29 is 9.53 Å². The van der Waals surface area contributed by atoms with Gasteiger partial charge in [-0.1, -0.05) is 6.92 Å². The van der Waals surface area contributed by atoms with Crippen LogP contribution in [0.2, 0.25) is 0 Å². The maximum atomic E-state index is 11.4. The number of carbonyl (C=O) groups is 1. The molecule has 3 nitrogen and oxygen atoms in total. The van der Waals surface area contributed by atoms with Gasteiger partial charge in [0.05, 0.1) is 6.61 Å². The van der Waals surface area contributed by atoms with Crippen molar-refractivity contribution in [3.63, 3.8) is 0 Å². The summed E-state index contributed by atoms with van der Waals surface area (Å²) >= 11 is 1.68. The first-order chi connectivity index (χ1) is 6.61. The fourth-order valence-corrected chi connectivity index (χ4v) is 2.16. The zero-order chi connectivity index (χ0) is 11.0. The molecule has 0 heterocycles. The SMILES string of the molecule is CCOC(=O)C(CC)SCCN(C)C. The molecule has 0 aliphatic heterocycles. The van der Waals surface area contributed by atoms with Crippen molar-refractivity contribution >= 4 is 17.7 Å². The van der Waals surface area contributed by atoms with Gasteiger partial charge in [-0.2, -0.15) is 0 Å². The summed E-state index contributed by atoms with van der Waals surface area (Å²) in [5.74, 6) is 0.906. The molecule has 4 heteroatoms. The van der Waals surface area contributed by atoms with Crippen LogP contribution in [-0.2, 0) is 9.53 Å². The van der Waals surface area contributed by atoms with E-state index in [1.807, 2.05) is 27.9 Å². The molecule has 0 saturated heterocycles. The molecule has 14 heavy (non-hydrogen) atoms. The van der Waals surface area contributed by atoms with Crippen LogP contribution in [0.25, 0.3) is 0 Å².